The molecule has 1 rings (SSSR count). The zero-order valence-corrected chi connectivity index (χ0v) is 12.1. The van der Waals surface area contributed by atoms with Crippen LogP contribution in [0.3, 0.4) is 0 Å². The summed E-state index contributed by atoms with van der Waals surface area (Å²) in [6.07, 6.45) is 3.04. The molecule has 3 nitrogen and oxygen atoms in total. The van der Waals surface area contributed by atoms with Crippen molar-refractivity contribution in [3.8, 4) is 0 Å². The molecule has 0 amide bonds. The average molecular weight is 237 g/mol. The van der Waals surface area contributed by atoms with Crippen molar-refractivity contribution in [1.29, 1.82) is 0 Å². The van der Waals surface area contributed by atoms with Gasteiger partial charge in [0.2, 0.25) is 0 Å². The molecule has 17 heavy (non-hydrogen) atoms. The van der Waals surface area contributed by atoms with Gasteiger partial charge in [0, 0.05) is 18.8 Å². The largest absolute Gasteiger partial charge is 0.312 e. The lowest BCUT2D eigenvalue weighted by Gasteiger charge is -2.30. The van der Waals surface area contributed by atoms with Gasteiger partial charge in [0.1, 0.15) is 0 Å². The highest BCUT2D eigenvalue weighted by Gasteiger charge is 2.25. The Labute approximate surface area is 106 Å². The van der Waals surface area contributed by atoms with Crippen LogP contribution in [0.25, 0.3) is 0 Å². The van der Waals surface area contributed by atoms with E-state index in [1.165, 1.54) is 5.69 Å². The van der Waals surface area contributed by atoms with Gasteiger partial charge in [0.05, 0.1) is 5.69 Å². The lowest BCUT2D eigenvalue weighted by molar-refractivity contribution is 0.223. The van der Waals surface area contributed by atoms with E-state index in [-0.39, 0.29) is 0 Å². The van der Waals surface area contributed by atoms with E-state index < -0.39 is 0 Å². The summed E-state index contributed by atoms with van der Waals surface area (Å²) < 4.78 is 2.08. The topological polar surface area (TPSA) is 29.9 Å². The van der Waals surface area contributed by atoms with E-state index in [0.717, 1.165) is 13.0 Å². The number of nitrogens with one attached hydrogen (secondary N) is 1. The smallest absolute Gasteiger partial charge is 0.0553 e. The van der Waals surface area contributed by atoms with E-state index in [1.807, 2.05) is 13.2 Å². The Balaban J connectivity index is 2.79. The van der Waals surface area contributed by atoms with Crippen molar-refractivity contribution in [2.75, 3.05) is 7.05 Å². The van der Waals surface area contributed by atoms with Gasteiger partial charge < -0.3 is 5.32 Å². The number of aromatic nitrogens is 2. The first-order valence-electron chi connectivity index (χ1n) is 6.59. The molecule has 3 heteroatoms. The third-order valence-corrected chi connectivity index (χ3v) is 3.82. The van der Waals surface area contributed by atoms with Crippen LogP contribution in [0.15, 0.2) is 12.3 Å². The molecular formula is C14H27N3. The minimum Gasteiger partial charge on any atom is -0.312 e. The fourth-order valence-corrected chi connectivity index (χ4v) is 2.00. The van der Waals surface area contributed by atoms with Crippen LogP contribution >= 0.6 is 0 Å². The number of aryl methyl sites for hydroxylation is 1. The molecule has 2 unspecified atom stereocenters. The van der Waals surface area contributed by atoms with E-state index in [4.69, 9.17) is 0 Å². The summed E-state index contributed by atoms with van der Waals surface area (Å²) in [5, 5.41) is 7.77. The molecule has 1 heterocycles. The maximum absolute atomic E-state index is 4.35. The molecule has 0 saturated heterocycles. The number of nitrogens with zero attached hydrogens (tertiary/aromatic N) is 2. The average Bonchev–Trinajstić information content (AvgIpc) is 2.71. The van der Waals surface area contributed by atoms with Gasteiger partial charge in [-0.15, -0.1) is 0 Å². The molecule has 2 atom stereocenters. The van der Waals surface area contributed by atoms with E-state index >= 15 is 0 Å². The summed E-state index contributed by atoms with van der Waals surface area (Å²) in [7, 11) is 2.03. The Morgan fingerprint density at radius 2 is 2.06 bits per heavy atom. The maximum atomic E-state index is 4.35. The van der Waals surface area contributed by atoms with Crippen molar-refractivity contribution in [2.24, 2.45) is 11.3 Å². The first-order valence-corrected chi connectivity index (χ1v) is 6.59. The Kier molecular flexibility index (Phi) is 4.75. The van der Waals surface area contributed by atoms with Crippen LogP contribution in [0.4, 0.5) is 0 Å². The zero-order chi connectivity index (χ0) is 13.1. The summed E-state index contributed by atoms with van der Waals surface area (Å²) in [6.45, 7) is 12.3. The van der Waals surface area contributed by atoms with E-state index in [1.54, 1.807) is 0 Å². The highest BCUT2D eigenvalue weighted by atomic mass is 15.3. The van der Waals surface area contributed by atoms with Gasteiger partial charge in [-0.2, -0.15) is 5.10 Å². The first-order chi connectivity index (χ1) is 7.90. The summed E-state index contributed by atoms with van der Waals surface area (Å²) in [4.78, 5) is 0. The van der Waals surface area contributed by atoms with Gasteiger partial charge in [-0.1, -0.05) is 27.7 Å². The van der Waals surface area contributed by atoms with Gasteiger partial charge >= 0.3 is 0 Å². The van der Waals surface area contributed by atoms with Crippen LogP contribution in [-0.4, -0.2) is 16.8 Å². The van der Waals surface area contributed by atoms with Crippen molar-refractivity contribution < 1.29 is 0 Å². The lowest BCUT2D eigenvalue weighted by atomic mass is 9.78. The third-order valence-electron chi connectivity index (χ3n) is 3.82. The monoisotopic (exact) mass is 237 g/mol. The van der Waals surface area contributed by atoms with Crippen LogP contribution in [0.5, 0.6) is 0 Å². The minimum absolute atomic E-state index is 0.353. The second kappa shape index (κ2) is 5.67. The highest BCUT2D eigenvalue weighted by molar-refractivity contribution is 5.07. The van der Waals surface area contributed by atoms with Crippen LogP contribution in [0.2, 0.25) is 0 Å². The molecule has 0 spiro atoms. The second-order valence-corrected chi connectivity index (χ2v) is 5.92. The standard InChI is InChI=1S/C14H27N3/c1-7-17-13(8-9-16-17)12(15-6)10-11(2)14(3,4)5/h8-9,11-12,15H,7,10H2,1-6H3. The van der Waals surface area contributed by atoms with Gasteiger partial charge in [-0.3, -0.25) is 4.68 Å². The molecule has 0 saturated carbocycles. The van der Waals surface area contributed by atoms with E-state index in [9.17, 15) is 0 Å². The summed E-state index contributed by atoms with van der Waals surface area (Å²) in [5.74, 6) is 0.667. The molecule has 0 fully saturated rings. The number of hydrogen-bond donors (Lipinski definition) is 1. The summed E-state index contributed by atoms with van der Waals surface area (Å²) >= 11 is 0. The van der Waals surface area contributed by atoms with Crippen molar-refractivity contribution in [2.45, 2.75) is 53.6 Å². The fourth-order valence-electron chi connectivity index (χ4n) is 2.00. The zero-order valence-electron chi connectivity index (χ0n) is 12.1. The summed E-state index contributed by atoms with van der Waals surface area (Å²) in [5.41, 5.74) is 1.65. The van der Waals surface area contributed by atoms with Crippen molar-refractivity contribution in [3.05, 3.63) is 18.0 Å². The van der Waals surface area contributed by atoms with Crippen LogP contribution in [-0.2, 0) is 6.54 Å². The number of hydrogen-bond acceptors (Lipinski definition) is 2. The highest BCUT2D eigenvalue weighted by Crippen LogP contribution is 2.33. The SMILES string of the molecule is CCn1nccc1C(CC(C)C(C)(C)C)NC. The first kappa shape index (κ1) is 14.2. The van der Waals surface area contributed by atoms with Crippen molar-refractivity contribution in [3.63, 3.8) is 0 Å². The van der Waals surface area contributed by atoms with Gasteiger partial charge in [-0.25, -0.2) is 0 Å². The molecular weight excluding hydrogens is 210 g/mol. The van der Waals surface area contributed by atoms with Crippen LogP contribution in [0.1, 0.15) is 52.8 Å². The number of rotatable bonds is 5. The molecule has 0 aliphatic carbocycles. The molecule has 0 aliphatic rings. The predicted molar refractivity (Wildman–Crippen MR) is 72.9 cm³/mol. The molecule has 0 aromatic carbocycles. The molecule has 0 aliphatic heterocycles. The molecule has 0 radical (unpaired) electrons. The Bertz CT molecular complexity index is 335. The minimum atomic E-state index is 0.353. The lowest BCUT2D eigenvalue weighted by Crippen LogP contribution is -2.27. The van der Waals surface area contributed by atoms with E-state index in [2.05, 4.69) is 55.8 Å². The Morgan fingerprint density at radius 3 is 2.53 bits per heavy atom. The molecule has 98 valence electrons. The van der Waals surface area contributed by atoms with Crippen LogP contribution in [0, 0.1) is 11.3 Å². The van der Waals surface area contributed by atoms with Gasteiger partial charge in [0.25, 0.3) is 0 Å². The molecule has 1 aromatic heterocycles. The fraction of sp³-hybridized carbons (Fsp3) is 0.786. The Morgan fingerprint density at radius 1 is 1.41 bits per heavy atom. The maximum Gasteiger partial charge on any atom is 0.0553 e. The Hall–Kier alpha value is -0.830. The van der Waals surface area contributed by atoms with Crippen molar-refractivity contribution in [1.82, 2.24) is 15.1 Å². The van der Waals surface area contributed by atoms with Gasteiger partial charge in [-0.05, 0) is 37.8 Å². The third kappa shape index (κ3) is 3.56. The van der Waals surface area contributed by atoms with E-state index in [0.29, 0.717) is 17.4 Å². The van der Waals surface area contributed by atoms with Gasteiger partial charge in [0.15, 0.2) is 0 Å². The molecule has 1 N–H and O–H groups in total. The van der Waals surface area contributed by atoms with Crippen molar-refractivity contribution >= 4 is 0 Å². The van der Waals surface area contributed by atoms with Crippen LogP contribution < -0.4 is 5.32 Å². The molecule has 1 aromatic rings. The predicted octanol–water partition coefficient (Wildman–Crippen LogP) is 3.24. The normalized spacial score (nSPS) is 15.9. The second-order valence-electron chi connectivity index (χ2n) is 5.92. The summed E-state index contributed by atoms with van der Waals surface area (Å²) in [6, 6.07) is 2.52. The quantitative estimate of drug-likeness (QED) is 0.852. The molecule has 0 bridgehead atoms.